The summed E-state index contributed by atoms with van der Waals surface area (Å²) < 4.78 is 8.51. The Morgan fingerprint density at radius 3 is 2.02 bits per heavy atom. The number of rotatable bonds is 6. The summed E-state index contributed by atoms with van der Waals surface area (Å²) in [6.45, 7) is 13.0. The Morgan fingerprint density at radius 1 is 0.762 bits per heavy atom. The fourth-order valence-electron chi connectivity index (χ4n) is 6.32. The van der Waals surface area contributed by atoms with E-state index in [4.69, 9.17) is 21.9 Å². The van der Waals surface area contributed by atoms with E-state index >= 15 is 0 Å². The van der Waals surface area contributed by atoms with E-state index in [0.29, 0.717) is 5.11 Å². The van der Waals surface area contributed by atoms with E-state index in [1.165, 1.54) is 44.9 Å². The van der Waals surface area contributed by atoms with Gasteiger partial charge in [0.1, 0.15) is 11.5 Å². The van der Waals surface area contributed by atoms with Gasteiger partial charge in [-0.1, -0.05) is 41.5 Å². The van der Waals surface area contributed by atoms with Gasteiger partial charge in [-0.3, -0.25) is 4.98 Å². The Labute approximate surface area is 253 Å². The third-order valence-corrected chi connectivity index (χ3v) is 8.43. The lowest BCUT2D eigenvalue weighted by Crippen LogP contribution is -2.29. The Morgan fingerprint density at radius 2 is 1.40 bits per heavy atom. The van der Waals surface area contributed by atoms with Crippen LogP contribution in [0.3, 0.4) is 0 Å². The van der Waals surface area contributed by atoms with Crippen molar-refractivity contribution >= 4 is 23.0 Å². The van der Waals surface area contributed by atoms with Gasteiger partial charge < -0.3 is 19.5 Å². The summed E-state index contributed by atoms with van der Waals surface area (Å²) in [7, 11) is 0. The number of pyridine rings is 1. The lowest BCUT2D eigenvalue weighted by Gasteiger charge is -2.28. The van der Waals surface area contributed by atoms with Crippen LogP contribution in [0.2, 0.25) is 0 Å². The van der Waals surface area contributed by atoms with Crippen LogP contribution in [-0.2, 0) is 0 Å². The highest BCUT2D eigenvalue weighted by molar-refractivity contribution is 7.80. The lowest BCUT2D eigenvalue weighted by molar-refractivity contribution is 0.482. The molecule has 2 atom stereocenters. The van der Waals surface area contributed by atoms with Crippen LogP contribution in [0, 0.1) is 41.5 Å². The van der Waals surface area contributed by atoms with Crippen molar-refractivity contribution in [2.24, 2.45) is 0 Å². The minimum absolute atomic E-state index is 0.0951. The van der Waals surface area contributed by atoms with Gasteiger partial charge in [-0.2, -0.15) is 0 Å². The summed E-state index contributed by atoms with van der Waals surface area (Å²) in [5.41, 5.74) is 11.8. The monoisotopic (exact) mass is 572 g/mol. The van der Waals surface area contributed by atoms with Crippen LogP contribution in [0.15, 0.2) is 91.1 Å². The maximum absolute atomic E-state index is 6.12. The molecule has 1 saturated heterocycles. The first-order valence-electron chi connectivity index (χ1n) is 14.3. The first-order chi connectivity index (χ1) is 20.2. The molecular formula is C36H36N4OS. The van der Waals surface area contributed by atoms with Gasteiger partial charge >= 0.3 is 0 Å². The third kappa shape index (κ3) is 5.07. The SMILES string of the molecule is Cc1ccc(Oc2ccc(N3C(=S)N[C@@H](c4ccccn4)[C@@H]3c3cc(C)n(-c4c(C)cc(C)cc4C)c3C)cc2)cc1. The second-order valence-electron chi connectivity index (χ2n) is 11.3. The van der Waals surface area contributed by atoms with Crippen molar-refractivity contribution in [1.82, 2.24) is 14.9 Å². The van der Waals surface area contributed by atoms with Gasteiger partial charge in [0.05, 0.1) is 23.5 Å². The molecule has 1 N–H and O–H groups in total. The van der Waals surface area contributed by atoms with Crippen LogP contribution >= 0.6 is 12.2 Å². The molecule has 3 aromatic carbocycles. The Balaban J connectivity index is 1.43. The Hall–Kier alpha value is -4.42. The van der Waals surface area contributed by atoms with Crippen molar-refractivity contribution in [3.8, 4) is 17.2 Å². The van der Waals surface area contributed by atoms with Crippen LogP contribution in [0.4, 0.5) is 5.69 Å². The highest BCUT2D eigenvalue weighted by atomic mass is 32.1. The molecule has 0 bridgehead atoms. The second-order valence-corrected chi connectivity index (χ2v) is 11.7. The molecule has 42 heavy (non-hydrogen) atoms. The molecule has 1 fully saturated rings. The van der Waals surface area contributed by atoms with Gasteiger partial charge in [-0.05, 0) is 125 Å². The fourth-order valence-corrected chi connectivity index (χ4v) is 6.67. The molecule has 0 saturated carbocycles. The molecule has 1 aliphatic heterocycles. The minimum atomic E-state index is -0.114. The zero-order valence-corrected chi connectivity index (χ0v) is 25.8. The van der Waals surface area contributed by atoms with Gasteiger partial charge in [0.25, 0.3) is 0 Å². The van der Waals surface area contributed by atoms with E-state index in [-0.39, 0.29) is 12.1 Å². The van der Waals surface area contributed by atoms with Gasteiger partial charge in [-0.15, -0.1) is 0 Å². The van der Waals surface area contributed by atoms with E-state index in [0.717, 1.165) is 22.9 Å². The minimum Gasteiger partial charge on any atom is -0.457 e. The summed E-state index contributed by atoms with van der Waals surface area (Å²) >= 11 is 6.01. The van der Waals surface area contributed by atoms with E-state index in [9.17, 15) is 0 Å². The number of hydrogen-bond donors (Lipinski definition) is 1. The average Bonchev–Trinajstić information content (AvgIpc) is 3.45. The number of nitrogens with one attached hydrogen (secondary N) is 1. The molecule has 5 nitrogen and oxygen atoms in total. The molecule has 6 rings (SSSR count). The van der Waals surface area contributed by atoms with Crippen molar-refractivity contribution < 1.29 is 4.74 Å². The van der Waals surface area contributed by atoms with Crippen LogP contribution in [0.25, 0.3) is 5.69 Å². The predicted octanol–water partition coefficient (Wildman–Crippen LogP) is 8.69. The fraction of sp³-hybridized carbons (Fsp3) is 0.222. The van der Waals surface area contributed by atoms with Crippen LogP contribution in [-0.4, -0.2) is 14.7 Å². The number of hydrogen-bond acceptors (Lipinski definition) is 3. The molecule has 0 amide bonds. The van der Waals surface area contributed by atoms with Crippen molar-refractivity contribution in [2.75, 3.05) is 4.90 Å². The predicted molar refractivity (Wildman–Crippen MR) is 175 cm³/mol. The number of benzene rings is 3. The molecule has 2 aromatic heterocycles. The largest absolute Gasteiger partial charge is 0.457 e. The van der Waals surface area contributed by atoms with E-state index < -0.39 is 0 Å². The van der Waals surface area contributed by atoms with Crippen molar-refractivity contribution in [3.05, 3.63) is 136 Å². The zero-order valence-electron chi connectivity index (χ0n) is 25.0. The summed E-state index contributed by atoms with van der Waals surface area (Å²) in [6.07, 6.45) is 1.85. The maximum Gasteiger partial charge on any atom is 0.174 e. The molecule has 0 radical (unpaired) electrons. The topological polar surface area (TPSA) is 42.3 Å². The molecule has 5 aromatic rings. The zero-order chi connectivity index (χ0) is 29.5. The smallest absolute Gasteiger partial charge is 0.174 e. The van der Waals surface area contributed by atoms with E-state index in [1.807, 2.05) is 42.6 Å². The Kier molecular flexibility index (Phi) is 7.33. The molecular weight excluding hydrogens is 536 g/mol. The third-order valence-electron chi connectivity index (χ3n) is 8.12. The molecule has 0 unspecified atom stereocenters. The number of nitrogens with zero attached hydrogens (tertiary/aromatic N) is 3. The lowest BCUT2D eigenvalue weighted by atomic mass is 9.96. The van der Waals surface area contributed by atoms with Crippen LogP contribution in [0.1, 0.15) is 57.0 Å². The number of anilines is 1. The maximum atomic E-state index is 6.12. The van der Waals surface area contributed by atoms with Crippen LogP contribution < -0.4 is 15.0 Å². The Bertz CT molecular complexity index is 1730. The van der Waals surface area contributed by atoms with Crippen molar-refractivity contribution in [1.29, 1.82) is 0 Å². The number of ether oxygens (including phenoxy) is 1. The van der Waals surface area contributed by atoms with Gasteiger partial charge in [0.15, 0.2) is 5.11 Å². The summed E-state index contributed by atoms with van der Waals surface area (Å²) in [4.78, 5) is 6.97. The molecule has 1 aliphatic rings. The van der Waals surface area contributed by atoms with E-state index in [1.54, 1.807) is 0 Å². The molecule has 0 spiro atoms. The summed E-state index contributed by atoms with van der Waals surface area (Å²) in [5, 5.41) is 4.28. The van der Waals surface area contributed by atoms with Crippen molar-refractivity contribution in [2.45, 2.75) is 53.6 Å². The molecule has 212 valence electrons. The van der Waals surface area contributed by atoms with Gasteiger partial charge in [0.2, 0.25) is 0 Å². The quantitative estimate of drug-likeness (QED) is 0.206. The second kappa shape index (κ2) is 11.1. The van der Waals surface area contributed by atoms with Gasteiger partial charge in [0, 0.05) is 23.3 Å². The van der Waals surface area contributed by atoms with Crippen LogP contribution in [0.5, 0.6) is 11.5 Å². The normalized spacial score (nSPS) is 16.5. The number of aromatic nitrogens is 2. The highest BCUT2D eigenvalue weighted by Gasteiger charge is 2.42. The average molecular weight is 573 g/mol. The molecule has 3 heterocycles. The molecule has 0 aliphatic carbocycles. The van der Waals surface area contributed by atoms with Crippen molar-refractivity contribution in [3.63, 3.8) is 0 Å². The number of thiocarbonyl (C=S) groups is 1. The molecule has 6 heteroatoms. The first-order valence-corrected chi connectivity index (χ1v) is 14.7. The van der Waals surface area contributed by atoms with Gasteiger partial charge in [-0.25, -0.2) is 0 Å². The summed E-state index contributed by atoms with van der Waals surface area (Å²) in [6, 6.07) is 28.9. The number of aryl methyl sites for hydroxylation is 5. The highest BCUT2D eigenvalue weighted by Crippen LogP contribution is 2.44. The first kappa shape index (κ1) is 27.7. The van der Waals surface area contributed by atoms with E-state index in [2.05, 4.69) is 105 Å². The standard InChI is InChI=1S/C36H36N4OS/c1-22-10-14-29(15-11-22)41-30-16-12-28(13-17-30)40-35(33(38-36(40)42)32-9-7-8-18-37-32)31-21-26(5)39(27(31)6)34-24(3)19-23(2)20-25(34)4/h7-21,33,35H,1-6H3,(H,38,42)/t33-,35-/m0/s1. The summed E-state index contributed by atoms with van der Waals surface area (Å²) in [5.74, 6) is 1.59.